The zero-order valence-electron chi connectivity index (χ0n) is 46.0. The molecule has 0 spiro atoms. The second-order valence-corrected chi connectivity index (χ2v) is 32.3. The van der Waals surface area contributed by atoms with Crippen molar-refractivity contribution in [2.24, 2.45) is 0 Å². The lowest BCUT2D eigenvalue weighted by Gasteiger charge is -2.40. The maximum atomic E-state index is 4.12. The van der Waals surface area contributed by atoms with E-state index in [1.54, 1.807) is 10.9 Å². The van der Waals surface area contributed by atoms with E-state index >= 15 is 0 Å². The van der Waals surface area contributed by atoms with Gasteiger partial charge in [-0.2, -0.15) is 0 Å². The molecule has 3 aromatic rings. The Bertz CT molecular complexity index is 2240. The van der Waals surface area contributed by atoms with Crippen LogP contribution in [0.25, 0.3) is 0 Å². The van der Waals surface area contributed by atoms with Crippen LogP contribution in [0.4, 0.5) is 0 Å². The highest BCUT2D eigenvalue weighted by Gasteiger charge is 2.46. The second kappa shape index (κ2) is 16.8. The first-order valence-corrected chi connectivity index (χ1v) is 27.4. The first-order valence-electron chi connectivity index (χ1n) is 24.4. The number of benzene rings is 3. The molecule has 3 heteroatoms. The van der Waals surface area contributed by atoms with Gasteiger partial charge in [0.25, 0.3) is 0 Å². The molecule has 1 atom stereocenters. The normalized spacial score (nSPS) is 18.0. The van der Waals surface area contributed by atoms with Crippen molar-refractivity contribution in [2.45, 2.75) is 229 Å². The molecule has 0 saturated carbocycles. The van der Waals surface area contributed by atoms with Crippen molar-refractivity contribution in [3.8, 4) is 0 Å². The third-order valence-corrected chi connectivity index (χ3v) is 18.7. The number of rotatable bonds is 4. The van der Waals surface area contributed by atoms with Gasteiger partial charge in [-0.3, -0.25) is 0 Å². The van der Waals surface area contributed by atoms with Gasteiger partial charge in [0.2, 0.25) is 0 Å². The molecule has 5 rings (SSSR count). The molecule has 1 unspecified atom stereocenters. The van der Waals surface area contributed by atoms with Crippen LogP contribution >= 0.6 is 15.5 Å². The van der Waals surface area contributed by atoms with Gasteiger partial charge in [0, 0.05) is 22.2 Å². The topological polar surface area (TPSA) is 12.0 Å². The second-order valence-electron chi connectivity index (χ2n) is 28.5. The number of dihydropyridines is 1. The summed E-state index contributed by atoms with van der Waals surface area (Å²) in [6.45, 7) is 62.9. The summed E-state index contributed by atoms with van der Waals surface area (Å²) < 4.78 is 0. The average molecular weight is 901 g/mol. The van der Waals surface area contributed by atoms with E-state index in [1.807, 2.05) is 0 Å². The van der Waals surface area contributed by atoms with Gasteiger partial charge >= 0.3 is 0 Å². The van der Waals surface area contributed by atoms with Crippen LogP contribution in [0.3, 0.4) is 0 Å². The van der Waals surface area contributed by atoms with Gasteiger partial charge in [-0.1, -0.05) is 222 Å². The monoisotopic (exact) mass is 901 g/mol. The molecule has 1 N–H and O–H groups in total. The highest BCUT2D eigenvalue weighted by molar-refractivity contribution is 7.76. The molecule has 1 nitrogen and oxygen atoms in total. The van der Waals surface area contributed by atoms with Gasteiger partial charge in [-0.25, -0.2) is 0 Å². The Balaban J connectivity index is 1.90. The number of allylic oxidation sites excluding steroid dienone is 4. The molecule has 0 saturated heterocycles. The molecule has 2 aliphatic rings. The van der Waals surface area contributed by atoms with Gasteiger partial charge in [0.05, 0.1) is 5.70 Å². The summed E-state index contributed by atoms with van der Waals surface area (Å²) in [5, 5.41) is 8.79. The van der Waals surface area contributed by atoms with E-state index in [2.05, 4.69) is 252 Å². The van der Waals surface area contributed by atoms with Crippen LogP contribution < -0.4 is 21.2 Å². The van der Waals surface area contributed by atoms with Gasteiger partial charge in [-0.15, -0.1) is 0 Å². The molecule has 0 radical (unpaired) electrons. The van der Waals surface area contributed by atoms with E-state index < -0.39 is 15.5 Å². The smallest absolute Gasteiger partial charge is 0.156 e. The lowest BCUT2D eigenvalue weighted by molar-refractivity contribution is 0.553. The first-order chi connectivity index (χ1) is 28.5. The number of fused-ring (bicyclic) bond motifs is 1. The zero-order chi connectivity index (χ0) is 48.9. The number of hydrogen-bond acceptors (Lipinski definition) is 1. The molecule has 2 aliphatic heterocycles. The zero-order valence-corrected chi connectivity index (χ0v) is 47.7. The highest BCUT2D eigenvalue weighted by atomic mass is 31.1. The van der Waals surface area contributed by atoms with Crippen molar-refractivity contribution < 1.29 is 0 Å². The molecule has 64 heavy (non-hydrogen) atoms. The SMILES string of the molecule is CC(C)(C)c1cc(C(C)(C)C)c(P(/C=C2\C=CC=C(/C=[P+]3\CC(C)(C)c4cc(C(C)(C)C)cc(C(C)(C)C)c43)N2)c2c(C(C)(C)C)cc(C(C)(C)C)cc2C(C)(C)C)c(C(C)(C)C)c1. The van der Waals surface area contributed by atoms with Crippen LogP contribution in [0, 0.1) is 0 Å². The van der Waals surface area contributed by atoms with Crippen molar-refractivity contribution in [1.29, 1.82) is 0 Å². The minimum absolute atomic E-state index is 0.0147. The molecule has 0 aromatic heterocycles. The molecule has 350 valence electrons. The summed E-state index contributed by atoms with van der Waals surface area (Å²) in [7, 11) is -1.61. The highest BCUT2D eigenvalue weighted by Crippen LogP contribution is 2.52. The van der Waals surface area contributed by atoms with E-state index in [1.165, 1.54) is 66.5 Å². The van der Waals surface area contributed by atoms with Crippen molar-refractivity contribution in [3.05, 3.63) is 122 Å². The standard InChI is InChI=1S/C61H92NP2/c1-53(2,3)39-31-45(57(13,14)15)51(46(32-39)58(16,17)18)64(52-47(59(19,20)21)33-40(54(4,5)6)34-48(52)60(22,23)24)37-43-29-27-28-42(62-43)36-63-38-61(25,26)49-35-41(55(7,8)9)30-44(50(49)63)56(10,11)12/h27-37,62H,38H2,1-26H3/q+1. The van der Waals surface area contributed by atoms with Crippen molar-refractivity contribution >= 4 is 37.2 Å². The van der Waals surface area contributed by atoms with Crippen LogP contribution in [-0.4, -0.2) is 12.0 Å². The van der Waals surface area contributed by atoms with Crippen LogP contribution in [0.1, 0.15) is 230 Å². The molecule has 0 bridgehead atoms. The van der Waals surface area contributed by atoms with E-state index in [9.17, 15) is 0 Å². The fourth-order valence-electron chi connectivity index (χ4n) is 9.31. The maximum Gasteiger partial charge on any atom is 0.156 e. The van der Waals surface area contributed by atoms with E-state index in [4.69, 9.17) is 0 Å². The Morgan fingerprint density at radius 1 is 0.484 bits per heavy atom. The van der Waals surface area contributed by atoms with E-state index in [0.29, 0.717) is 0 Å². The van der Waals surface area contributed by atoms with E-state index in [-0.39, 0.29) is 48.7 Å². The van der Waals surface area contributed by atoms with Crippen molar-refractivity contribution in [2.75, 3.05) is 6.16 Å². The van der Waals surface area contributed by atoms with Gasteiger partial charge in [0.1, 0.15) is 19.5 Å². The van der Waals surface area contributed by atoms with Gasteiger partial charge < -0.3 is 5.32 Å². The molecule has 0 amide bonds. The number of hydrogen-bond donors (Lipinski definition) is 1. The molecule has 2 heterocycles. The Labute approximate surface area is 397 Å². The molecule has 3 aromatic carbocycles. The van der Waals surface area contributed by atoms with Crippen LogP contribution in [0.2, 0.25) is 0 Å². The minimum Gasteiger partial charge on any atom is -0.352 e. The summed E-state index contributed by atoms with van der Waals surface area (Å²) in [5.74, 6) is 5.32. The Morgan fingerprint density at radius 3 is 1.17 bits per heavy atom. The Kier molecular flexibility index (Phi) is 13.7. The predicted octanol–water partition coefficient (Wildman–Crippen LogP) is 16.3. The molecular weight excluding hydrogens is 809 g/mol. The largest absolute Gasteiger partial charge is 0.352 e. The summed E-state index contributed by atoms with van der Waals surface area (Å²) in [5.41, 5.74) is 15.7. The molecular formula is C61H92NP2+. The Morgan fingerprint density at radius 2 is 0.828 bits per heavy atom. The van der Waals surface area contributed by atoms with Crippen LogP contribution in [0.15, 0.2) is 71.8 Å². The van der Waals surface area contributed by atoms with E-state index in [0.717, 1.165) is 6.16 Å². The van der Waals surface area contributed by atoms with Crippen molar-refractivity contribution in [1.82, 2.24) is 5.32 Å². The van der Waals surface area contributed by atoms with Crippen molar-refractivity contribution in [3.63, 3.8) is 0 Å². The molecule has 0 fully saturated rings. The quantitative estimate of drug-likeness (QED) is 0.257. The van der Waals surface area contributed by atoms with Crippen LogP contribution in [-0.2, 0) is 48.7 Å². The average Bonchev–Trinajstić information content (AvgIpc) is 3.34. The third-order valence-electron chi connectivity index (χ3n) is 13.4. The lowest BCUT2D eigenvalue weighted by Crippen LogP contribution is -2.38. The minimum atomic E-state index is -1.05. The number of nitrogens with one attached hydrogen (secondary N) is 1. The van der Waals surface area contributed by atoms with Crippen LogP contribution in [0.5, 0.6) is 0 Å². The lowest BCUT2D eigenvalue weighted by atomic mass is 9.75. The summed E-state index contributed by atoms with van der Waals surface area (Å²) in [6, 6.07) is 15.5. The fraction of sp³-hybridized carbons (Fsp3) is 0.590. The summed E-state index contributed by atoms with van der Waals surface area (Å²) >= 11 is 0. The summed E-state index contributed by atoms with van der Waals surface area (Å²) in [6.07, 6.45) is 8.14. The summed E-state index contributed by atoms with van der Waals surface area (Å²) in [4.78, 5) is 0. The molecule has 0 aliphatic carbocycles. The predicted molar refractivity (Wildman–Crippen MR) is 294 cm³/mol. The maximum absolute atomic E-state index is 4.12. The third kappa shape index (κ3) is 11.2. The van der Waals surface area contributed by atoms with Gasteiger partial charge in [-0.05, 0) is 119 Å². The first kappa shape index (κ1) is 52.3. The van der Waals surface area contributed by atoms with Gasteiger partial charge in [0.15, 0.2) is 5.30 Å². The Hall–Kier alpha value is -2.72. The fourth-order valence-corrected chi connectivity index (χ4v) is 16.1.